The molecule has 4 nitrogen and oxygen atoms in total. The molecule has 1 aliphatic rings. The number of benzene rings is 2. The summed E-state index contributed by atoms with van der Waals surface area (Å²) >= 11 is 0. The van der Waals surface area contributed by atoms with Crippen LogP contribution >= 0.6 is 0 Å². The van der Waals surface area contributed by atoms with Crippen LogP contribution in [-0.4, -0.2) is 19.9 Å². The third kappa shape index (κ3) is 6.62. The van der Waals surface area contributed by atoms with Crippen molar-refractivity contribution < 1.29 is 19.8 Å². The minimum absolute atomic E-state index is 0. The van der Waals surface area contributed by atoms with E-state index in [2.05, 4.69) is 77.8 Å². The molecule has 40 heavy (non-hydrogen) atoms. The van der Waals surface area contributed by atoms with Crippen molar-refractivity contribution in [2.75, 3.05) is 0 Å². The van der Waals surface area contributed by atoms with Gasteiger partial charge in [0, 0.05) is 47.7 Å². The monoisotopic (exact) mass is 694 g/mol. The van der Waals surface area contributed by atoms with Crippen LogP contribution in [0.2, 0.25) is 0 Å². The first-order valence-corrected chi connectivity index (χ1v) is 13.0. The summed E-state index contributed by atoms with van der Waals surface area (Å²) in [4.78, 5) is 19.0. The number of hydrogen-bond donors (Lipinski definition) is 0. The maximum absolute atomic E-state index is 4.97. The van der Waals surface area contributed by atoms with Crippen molar-refractivity contribution in [1.82, 2.24) is 19.9 Å². The number of pyridine rings is 4. The molecule has 0 saturated carbocycles. The van der Waals surface area contributed by atoms with Gasteiger partial charge >= 0.3 is 19.8 Å². The molecule has 6 aromatic rings. The van der Waals surface area contributed by atoms with Crippen LogP contribution < -0.4 is 0 Å². The maximum atomic E-state index is 4.97. The molecule has 0 saturated heterocycles. The van der Waals surface area contributed by atoms with E-state index in [-0.39, 0.29) is 25.7 Å². The zero-order chi connectivity index (χ0) is 26.3. The molecule has 0 radical (unpaired) electrons. The summed E-state index contributed by atoms with van der Waals surface area (Å²) in [5.74, 6) is -0.0307. The summed E-state index contributed by atoms with van der Waals surface area (Å²) in [6.45, 7) is 0. The molecule has 5 heterocycles. The van der Waals surface area contributed by atoms with E-state index in [9.17, 15) is 0 Å². The molecule has 0 N–H and O–H groups in total. The van der Waals surface area contributed by atoms with E-state index in [1.54, 1.807) is 6.20 Å². The summed E-state index contributed by atoms with van der Waals surface area (Å²) in [6.07, 6.45) is 3.25. The van der Waals surface area contributed by atoms with Gasteiger partial charge < -0.3 is 4.98 Å². The molecule has 0 amide bonds. The fourth-order valence-electron chi connectivity index (χ4n) is 4.74. The van der Waals surface area contributed by atoms with Gasteiger partial charge in [-0.1, -0.05) is 30.3 Å². The molecule has 5 heteroatoms. The molecule has 4 aromatic heterocycles. The predicted octanol–water partition coefficient (Wildman–Crippen LogP) is 6.89. The third-order valence-electron chi connectivity index (χ3n) is 6.53. The largest absolute Gasteiger partial charge is 2.00 e. The molecule has 0 unspecified atom stereocenters. The number of aromatic nitrogens is 4. The average Bonchev–Trinajstić information content (AvgIpc) is 2.99. The summed E-state index contributed by atoms with van der Waals surface area (Å²) in [6, 6.07) is 46.9. The van der Waals surface area contributed by atoms with E-state index >= 15 is 0 Å². The van der Waals surface area contributed by atoms with E-state index in [1.807, 2.05) is 60.7 Å². The van der Waals surface area contributed by atoms with Crippen molar-refractivity contribution in [2.45, 2.75) is 18.8 Å². The van der Waals surface area contributed by atoms with Crippen LogP contribution in [0, 0.1) is 12.1 Å². The molecule has 0 aliphatic carbocycles. The van der Waals surface area contributed by atoms with E-state index in [1.165, 1.54) is 0 Å². The first-order valence-electron chi connectivity index (χ1n) is 13.0. The Hall–Kier alpha value is -4.32. The van der Waals surface area contributed by atoms with Gasteiger partial charge in [0.25, 0.3) is 0 Å². The minimum atomic E-state index is -0.0307. The average molecular weight is 693 g/mol. The van der Waals surface area contributed by atoms with Gasteiger partial charge in [-0.2, -0.15) is 30.3 Å². The van der Waals surface area contributed by atoms with E-state index in [0.29, 0.717) is 0 Å². The van der Waals surface area contributed by atoms with E-state index in [4.69, 9.17) is 15.0 Å². The Labute approximate surface area is 248 Å². The van der Waals surface area contributed by atoms with Crippen molar-refractivity contribution in [3.63, 3.8) is 0 Å². The second kappa shape index (κ2) is 13.2. The SMILES string of the molecule is [Os+2].[c-]1ccccc1-c1ccccn1.[c-]1ccccc1C1c2cccc(n2)Cc2cccc(n2)Cc2cccc1n2. The second-order valence-corrected chi connectivity index (χ2v) is 9.32. The normalized spacial score (nSPS) is 12.0. The Balaban J connectivity index is 0.000000209. The molecule has 7 rings (SSSR count). The molecule has 194 valence electrons. The number of fused-ring (bicyclic) bond motifs is 6. The number of rotatable bonds is 2. The summed E-state index contributed by atoms with van der Waals surface area (Å²) in [5.41, 5.74) is 9.21. The van der Waals surface area contributed by atoms with Crippen LogP contribution in [-0.2, 0) is 32.6 Å². The Kier molecular flexibility index (Phi) is 8.96. The first-order chi connectivity index (χ1) is 19.3. The van der Waals surface area contributed by atoms with Crippen LogP contribution in [0.25, 0.3) is 11.3 Å². The van der Waals surface area contributed by atoms with E-state index in [0.717, 1.165) is 63.8 Å². The fraction of sp³-hybridized carbons (Fsp3) is 0.0857. The van der Waals surface area contributed by atoms with Crippen LogP contribution in [0.4, 0.5) is 0 Å². The van der Waals surface area contributed by atoms with Gasteiger partial charge in [-0.3, -0.25) is 15.0 Å². The molecular weight excluding hydrogens is 667 g/mol. The summed E-state index contributed by atoms with van der Waals surface area (Å²) in [5, 5.41) is 0. The Bertz CT molecular complexity index is 1560. The molecule has 1 aliphatic heterocycles. The molecule has 0 fully saturated rings. The van der Waals surface area contributed by atoms with Crippen LogP contribution in [0.3, 0.4) is 0 Å². The van der Waals surface area contributed by atoms with Gasteiger partial charge in [-0.05, 0) is 48.2 Å². The van der Waals surface area contributed by atoms with Crippen LogP contribution in [0.1, 0.15) is 45.6 Å². The Morgan fingerprint density at radius 2 is 1.10 bits per heavy atom. The summed E-state index contributed by atoms with van der Waals surface area (Å²) < 4.78 is 0. The van der Waals surface area contributed by atoms with Crippen LogP contribution in [0.5, 0.6) is 0 Å². The maximum Gasteiger partial charge on any atom is 2.00 e. The topological polar surface area (TPSA) is 51.6 Å². The van der Waals surface area contributed by atoms with Crippen molar-refractivity contribution in [2.24, 2.45) is 0 Å². The molecule has 6 bridgehead atoms. The van der Waals surface area contributed by atoms with Gasteiger partial charge in [0.2, 0.25) is 0 Å². The van der Waals surface area contributed by atoms with Gasteiger partial charge in [-0.25, -0.2) is 0 Å². The van der Waals surface area contributed by atoms with Crippen molar-refractivity contribution in [3.05, 3.63) is 179 Å². The van der Waals surface area contributed by atoms with Gasteiger partial charge in [0.05, 0.1) is 11.4 Å². The van der Waals surface area contributed by atoms with Gasteiger partial charge in [0.1, 0.15) is 0 Å². The Morgan fingerprint density at radius 1 is 0.525 bits per heavy atom. The van der Waals surface area contributed by atoms with Gasteiger partial charge in [0.15, 0.2) is 0 Å². The quantitative estimate of drug-likeness (QED) is 0.185. The minimum Gasteiger partial charge on any atom is -0.305 e. The summed E-state index contributed by atoms with van der Waals surface area (Å²) in [7, 11) is 0. The van der Waals surface area contributed by atoms with Crippen LogP contribution in [0.15, 0.2) is 128 Å². The second-order valence-electron chi connectivity index (χ2n) is 9.32. The smallest absolute Gasteiger partial charge is 0.305 e. The zero-order valence-corrected chi connectivity index (χ0v) is 24.3. The number of nitrogens with zero attached hydrogens (tertiary/aromatic N) is 4. The van der Waals surface area contributed by atoms with Crippen molar-refractivity contribution in [1.29, 1.82) is 0 Å². The zero-order valence-electron chi connectivity index (χ0n) is 21.8. The first kappa shape index (κ1) is 27.3. The third-order valence-corrected chi connectivity index (χ3v) is 6.53. The number of hydrogen-bond acceptors (Lipinski definition) is 4. The molecule has 2 aromatic carbocycles. The molecule has 0 atom stereocenters. The molecular formula is C35H26N4Os. The predicted molar refractivity (Wildman–Crippen MR) is 153 cm³/mol. The van der Waals surface area contributed by atoms with E-state index < -0.39 is 0 Å². The van der Waals surface area contributed by atoms with Crippen molar-refractivity contribution in [3.8, 4) is 11.3 Å². The molecule has 0 spiro atoms. The van der Waals surface area contributed by atoms with Crippen molar-refractivity contribution >= 4 is 0 Å². The fourth-order valence-corrected chi connectivity index (χ4v) is 4.74. The standard InChI is InChI=1S/C24H18N3.C11H8N.Os/c1-2-7-17(8-3-1)24-22-13-5-11-20(26-22)15-18-9-4-10-19(25-18)16-21-12-6-14-23(24)27-21;1-2-6-10(7-3-1)11-8-4-5-9-12-11;/h1-7,9-14,24H,15-16H2;1-6,8-9H;/q2*-1;+2. The Morgan fingerprint density at radius 3 is 1.65 bits per heavy atom. The van der Waals surface area contributed by atoms with Gasteiger partial charge in [-0.15, -0.1) is 41.5 Å².